The van der Waals surface area contributed by atoms with Crippen LogP contribution < -0.4 is 0 Å². The molecule has 4 nitrogen and oxygen atoms in total. The lowest BCUT2D eigenvalue weighted by Gasteiger charge is -2.24. The van der Waals surface area contributed by atoms with Gasteiger partial charge in [0.25, 0.3) is 0 Å². The number of allylic oxidation sites excluding steroid dienone is 1. The van der Waals surface area contributed by atoms with Crippen molar-refractivity contribution in [1.82, 2.24) is 4.98 Å². The number of rotatable bonds is 2. The van der Waals surface area contributed by atoms with Gasteiger partial charge in [0, 0.05) is 11.8 Å². The Morgan fingerprint density at radius 1 is 1.13 bits per heavy atom. The second-order valence-corrected chi connectivity index (χ2v) is 5.39. The third-order valence-electron chi connectivity index (χ3n) is 3.85. The summed E-state index contributed by atoms with van der Waals surface area (Å²) in [6.07, 6.45) is 1.56. The monoisotopic (exact) mass is 311 g/mol. The molecule has 5 heteroatoms. The molecule has 116 valence electrons. The molecule has 23 heavy (non-hydrogen) atoms. The summed E-state index contributed by atoms with van der Waals surface area (Å²) in [7, 11) is 0. The molecule has 2 aromatic rings. The van der Waals surface area contributed by atoms with Crippen LogP contribution >= 0.6 is 0 Å². The zero-order valence-corrected chi connectivity index (χ0v) is 12.7. The van der Waals surface area contributed by atoms with Crippen molar-refractivity contribution in [2.45, 2.75) is 19.8 Å². The lowest BCUT2D eigenvalue weighted by atomic mass is 9.86. The van der Waals surface area contributed by atoms with Crippen LogP contribution in [-0.2, 0) is 14.3 Å². The van der Waals surface area contributed by atoms with E-state index in [0.29, 0.717) is 22.4 Å². The fourth-order valence-electron chi connectivity index (χ4n) is 2.64. The fraction of sp³-hybridized carbons (Fsp3) is 0.167. The van der Waals surface area contributed by atoms with Crippen LogP contribution in [0.15, 0.2) is 48.2 Å². The first kappa shape index (κ1) is 15.1. The number of benzene rings is 1. The van der Waals surface area contributed by atoms with Crippen LogP contribution in [0.2, 0.25) is 0 Å². The van der Waals surface area contributed by atoms with E-state index >= 15 is 0 Å². The van der Waals surface area contributed by atoms with E-state index in [1.54, 1.807) is 38.2 Å². The molecule has 1 aromatic heterocycles. The summed E-state index contributed by atoms with van der Waals surface area (Å²) in [6.45, 7) is 3.26. The molecule has 0 N–H and O–H groups in total. The molecule has 0 bridgehead atoms. The van der Waals surface area contributed by atoms with Crippen molar-refractivity contribution in [1.29, 1.82) is 0 Å². The molecule has 1 aliphatic rings. The first-order chi connectivity index (χ1) is 11.0. The molecular formula is C18H14FNO3. The largest absolute Gasteiger partial charge is 0.423 e. The highest BCUT2D eigenvalue weighted by Crippen LogP contribution is 2.34. The van der Waals surface area contributed by atoms with Crippen molar-refractivity contribution in [3.05, 3.63) is 70.8 Å². The smallest absolute Gasteiger partial charge is 0.326 e. The molecule has 2 heterocycles. The number of Topliss-reactive ketones (excluding diaryl/α,β-unsaturated/α-hetero) is 1. The van der Waals surface area contributed by atoms with Gasteiger partial charge in [0.05, 0.1) is 0 Å². The molecule has 0 spiro atoms. The Labute approximate surface area is 132 Å². The highest BCUT2D eigenvalue weighted by molar-refractivity contribution is 6.18. The summed E-state index contributed by atoms with van der Waals surface area (Å²) in [4.78, 5) is 29.2. The Bertz CT molecular complexity index is 827. The second-order valence-electron chi connectivity index (χ2n) is 5.39. The minimum Gasteiger partial charge on any atom is -0.423 e. The Hall–Kier alpha value is -2.82. The van der Waals surface area contributed by atoms with Gasteiger partial charge in [0.2, 0.25) is 0 Å². The lowest BCUT2D eigenvalue weighted by molar-refractivity contribution is -0.143. The molecule has 1 unspecified atom stereocenters. The van der Waals surface area contributed by atoms with Crippen molar-refractivity contribution in [2.75, 3.05) is 0 Å². The minimum atomic E-state index is -1.07. The van der Waals surface area contributed by atoms with E-state index < -0.39 is 17.7 Å². The maximum Gasteiger partial charge on any atom is 0.326 e. The Kier molecular flexibility index (Phi) is 3.78. The van der Waals surface area contributed by atoms with Gasteiger partial charge < -0.3 is 4.74 Å². The van der Waals surface area contributed by atoms with Gasteiger partial charge in [-0.15, -0.1) is 0 Å². The zero-order valence-electron chi connectivity index (χ0n) is 12.7. The van der Waals surface area contributed by atoms with Crippen molar-refractivity contribution in [3.8, 4) is 0 Å². The summed E-state index contributed by atoms with van der Waals surface area (Å²) in [6, 6.07) is 9.13. The average Bonchev–Trinajstić information content (AvgIpc) is 2.54. The van der Waals surface area contributed by atoms with Crippen molar-refractivity contribution >= 4 is 17.5 Å². The van der Waals surface area contributed by atoms with Crippen LogP contribution in [-0.4, -0.2) is 16.7 Å². The average molecular weight is 311 g/mol. The van der Waals surface area contributed by atoms with Gasteiger partial charge in [-0.3, -0.25) is 14.6 Å². The molecule has 0 amide bonds. The number of carbonyl (C=O) groups excluding carboxylic acids is 2. The van der Waals surface area contributed by atoms with Gasteiger partial charge >= 0.3 is 5.97 Å². The topological polar surface area (TPSA) is 56.3 Å². The van der Waals surface area contributed by atoms with Gasteiger partial charge in [0.15, 0.2) is 11.5 Å². The van der Waals surface area contributed by atoms with Crippen LogP contribution in [0.3, 0.4) is 0 Å². The normalized spacial score (nSPS) is 18.1. The van der Waals surface area contributed by atoms with Gasteiger partial charge in [-0.25, -0.2) is 4.39 Å². The van der Waals surface area contributed by atoms with Gasteiger partial charge in [0.1, 0.15) is 17.4 Å². The Morgan fingerprint density at radius 2 is 1.91 bits per heavy atom. The number of cyclic esters (lactones) is 1. The van der Waals surface area contributed by atoms with Gasteiger partial charge in [-0.2, -0.15) is 0 Å². The quantitative estimate of drug-likeness (QED) is 0.631. The summed E-state index contributed by atoms with van der Waals surface area (Å²) in [5.74, 6) is -2.32. The molecule has 0 saturated heterocycles. The summed E-state index contributed by atoms with van der Waals surface area (Å²) in [5, 5.41) is 0. The maximum atomic E-state index is 13.3. The van der Waals surface area contributed by atoms with E-state index in [2.05, 4.69) is 4.98 Å². The highest BCUT2D eigenvalue weighted by atomic mass is 19.1. The number of hydrogen-bond acceptors (Lipinski definition) is 4. The molecule has 0 aliphatic carbocycles. The number of carbonyl (C=O) groups is 2. The van der Waals surface area contributed by atoms with Gasteiger partial charge in [-0.1, -0.05) is 12.1 Å². The van der Waals surface area contributed by atoms with E-state index in [-0.39, 0.29) is 11.5 Å². The maximum absolute atomic E-state index is 13.3. The Balaban J connectivity index is 2.06. The van der Waals surface area contributed by atoms with E-state index in [9.17, 15) is 14.0 Å². The zero-order chi connectivity index (χ0) is 16.6. The SMILES string of the molecule is CC1=C(c2ccccn2)OC(=O)C(c2ccc(F)cc2C)C1=O. The van der Waals surface area contributed by atoms with Crippen molar-refractivity contribution < 1.29 is 18.7 Å². The van der Waals surface area contributed by atoms with Crippen LogP contribution in [0.5, 0.6) is 0 Å². The van der Waals surface area contributed by atoms with E-state index in [0.717, 1.165) is 0 Å². The number of aryl methyl sites for hydroxylation is 1. The van der Waals surface area contributed by atoms with E-state index in [1.807, 2.05) is 0 Å². The molecular weight excluding hydrogens is 297 g/mol. The number of nitrogens with zero attached hydrogens (tertiary/aromatic N) is 1. The number of ketones is 1. The molecule has 0 saturated carbocycles. The van der Waals surface area contributed by atoms with E-state index in [4.69, 9.17) is 4.74 Å². The third kappa shape index (κ3) is 2.65. The first-order valence-electron chi connectivity index (χ1n) is 7.13. The molecule has 1 atom stereocenters. The predicted octanol–water partition coefficient (Wildman–Crippen LogP) is 3.17. The molecule has 1 aromatic carbocycles. The highest BCUT2D eigenvalue weighted by Gasteiger charge is 2.39. The second kappa shape index (κ2) is 5.76. The number of halogens is 1. The number of ether oxygens (including phenoxy) is 1. The predicted molar refractivity (Wildman–Crippen MR) is 81.8 cm³/mol. The third-order valence-corrected chi connectivity index (χ3v) is 3.85. The van der Waals surface area contributed by atoms with Crippen molar-refractivity contribution in [3.63, 3.8) is 0 Å². The van der Waals surface area contributed by atoms with Crippen LogP contribution in [0.25, 0.3) is 5.76 Å². The standard InChI is InChI=1S/C18H14FNO3/c1-10-9-12(19)6-7-13(10)15-16(21)11(2)17(23-18(15)22)14-5-3-4-8-20-14/h3-9,15H,1-2H3. The number of hydrogen-bond donors (Lipinski definition) is 0. The minimum absolute atomic E-state index is 0.177. The summed E-state index contributed by atoms with van der Waals surface area (Å²) in [5.41, 5.74) is 1.76. The lowest BCUT2D eigenvalue weighted by Crippen LogP contribution is -2.30. The number of aromatic nitrogens is 1. The van der Waals surface area contributed by atoms with E-state index in [1.165, 1.54) is 18.2 Å². The van der Waals surface area contributed by atoms with Gasteiger partial charge in [-0.05, 0) is 49.2 Å². The molecule has 3 rings (SSSR count). The van der Waals surface area contributed by atoms with Crippen LogP contribution in [0.1, 0.15) is 29.7 Å². The molecule has 0 fully saturated rings. The summed E-state index contributed by atoms with van der Waals surface area (Å²) < 4.78 is 18.6. The fourth-order valence-corrected chi connectivity index (χ4v) is 2.64. The Morgan fingerprint density at radius 3 is 2.57 bits per heavy atom. The number of esters is 1. The first-order valence-corrected chi connectivity index (χ1v) is 7.13. The summed E-state index contributed by atoms with van der Waals surface area (Å²) >= 11 is 0. The molecule has 0 radical (unpaired) electrons. The van der Waals surface area contributed by atoms with Crippen LogP contribution in [0, 0.1) is 12.7 Å². The molecule has 1 aliphatic heterocycles. The number of pyridine rings is 1. The van der Waals surface area contributed by atoms with Crippen LogP contribution in [0.4, 0.5) is 4.39 Å². The van der Waals surface area contributed by atoms with Crippen molar-refractivity contribution in [2.24, 2.45) is 0 Å².